The maximum atomic E-state index is 10.7. The minimum Gasteiger partial charge on any atom is -0.489 e. The molecule has 1 aliphatic rings. The predicted molar refractivity (Wildman–Crippen MR) is 86.4 cm³/mol. The summed E-state index contributed by atoms with van der Waals surface area (Å²) < 4.78 is 5.99. The molecule has 0 amide bonds. The molecule has 0 aliphatic heterocycles. The quantitative estimate of drug-likeness (QED) is 0.590. The van der Waals surface area contributed by atoms with Gasteiger partial charge in [0.1, 0.15) is 12.4 Å². The van der Waals surface area contributed by atoms with Crippen LogP contribution in [0.5, 0.6) is 5.75 Å². The van der Waals surface area contributed by atoms with Crippen molar-refractivity contribution in [3.05, 3.63) is 58.7 Å². The average molecular weight is 293 g/mol. The van der Waals surface area contributed by atoms with E-state index in [1.165, 1.54) is 24.0 Å². The first kappa shape index (κ1) is 14.6. The second-order valence-corrected chi connectivity index (χ2v) is 5.88. The van der Waals surface area contributed by atoms with Crippen LogP contribution in [0.2, 0.25) is 0 Å². The summed E-state index contributed by atoms with van der Waals surface area (Å²) in [7, 11) is 0. The van der Waals surface area contributed by atoms with Crippen molar-refractivity contribution in [2.24, 2.45) is 4.99 Å². The van der Waals surface area contributed by atoms with Crippen molar-refractivity contribution in [2.45, 2.75) is 39.2 Å². The van der Waals surface area contributed by atoms with Gasteiger partial charge in [-0.15, -0.1) is 0 Å². The van der Waals surface area contributed by atoms with Crippen LogP contribution in [0.15, 0.2) is 41.4 Å². The molecule has 0 spiro atoms. The Labute approximate surface area is 130 Å². The highest BCUT2D eigenvalue weighted by molar-refractivity contribution is 5.57. The van der Waals surface area contributed by atoms with Crippen LogP contribution in [-0.2, 0) is 11.4 Å². The molecule has 0 radical (unpaired) electrons. The first-order chi connectivity index (χ1) is 10.7. The summed E-state index contributed by atoms with van der Waals surface area (Å²) in [4.78, 5) is 14.5. The standard InChI is InChI=1S/C19H19NO2/c1-13-6-9-19(14(2)10-13)22-11-17-16(15-7-8-15)4-3-5-18(17)20-12-21/h3-6,9-10,15H,7-8,11H2,1-2H3. The molecule has 2 aromatic carbocycles. The van der Waals surface area contributed by atoms with Crippen LogP contribution in [0.3, 0.4) is 0 Å². The van der Waals surface area contributed by atoms with E-state index in [0.717, 1.165) is 16.9 Å². The second kappa shape index (κ2) is 6.17. The lowest BCUT2D eigenvalue weighted by Crippen LogP contribution is -2.01. The van der Waals surface area contributed by atoms with Crippen molar-refractivity contribution in [2.75, 3.05) is 0 Å². The topological polar surface area (TPSA) is 38.7 Å². The van der Waals surface area contributed by atoms with Gasteiger partial charge in [-0.3, -0.25) is 0 Å². The van der Waals surface area contributed by atoms with Crippen molar-refractivity contribution < 1.29 is 9.53 Å². The number of hydrogen-bond acceptors (Lipinski definition) is 3. The van der Waals surface area contributed by atoms with Gasteiger partial charge in [-0.1, -0.05) is 29.8 Å². The van der Waals surface area contributed by atoms with E-state index in [4.69, 9.17) is 4.74 Å². The van der Waals surface area contributed by atoms with E-state index in [0.29, 0.717) is 18.2 Å². The first-order valence-electron chi connectivity index (χ1n) is 7.58. The summed E-state index contributed by atoms with van der Waals surface area (Å²) in [5.74, 6) is 1.46. The molecule has 0 unspecified atom stereocenters. The number of hydrogen-bond donors (Lipinski definition) is 0. The van der Waals surface area contributed by atoms with Crippen LogP contribution in [-0.4, -0.2) is 6.08 Å². The minimum absolute atomic E-state index is 0.428. The van der Waals surface area contributed by atoms with E-state index >= 15 is 0 Å². The third kappa shape index (κ3) is 3.10. The third-order valence-electron chi connectivity index (χ3n) is 4.07. The third-order valence-corrected chi connectivity index (χ3v) is 4.07. The Morgan fingerprint density at radius 3 is 2.73 bits per heavy atom. The van der Waals surface area contributed by atoms with Gasteiger partial charge in [0.15, 0.2) is 0 Å². The van der Waals surface area contributed by atoms with E-state index in [1.807, 2.05) is 31.2 Å². The van der Waals surface area contributed by atoms with E-state index in [1.54, 1.807) is 6.08 Å². The zero-order chi connectivity index (χ0) is 15.5. The molecule has 22 heavy (non-hydrogen) atoms. The molecule has 1 saturated carbocycles. The summed E-state index contributed by atoms with van der Waals surface area (Å²) in [6.07, 6.45) is 4.05. The van der Waals surface area contributed by atoms with E-state index < -0.39 is 0 Å². The summed E-state index contributed by atoms with van der Waals surface area (Å²) >= 11 is 0. The lowest BCUT2D eigenvalue weighted by atomic mass is 10.0. The lowest BCUT2D eigenvalue weighted by molar-refractivity contribution is 0.303. The van der Waals surface area contributed by atoms with Gasteiger partial charge in [0.05, 0.1) is 5.69 Å². The van der Waals surface area contributed by atoms with Gasteiger partial charge in [0, 0.05) is 5.56 Å². The molecule has 0 bridgehead atoms. The Morgan fingerprint density at radius 1 is 1.23 bits per heavy atom. The smallest absolute Gasteiger partial charge is 0.240 e. The predicted octanol–water partition coefficient (Wildman–Crippen LogP) is 4.73. The Kier molecular flexibility index (Phi) is 4.08. The number of benzene rings is 2. The zero-order valence-electron chi connectivity index (χ0n) is 12.9. The maximum Gasteiger partial charge on any atom is 0.240 e. The average Bonchev–Trinajstić information content (AvgIpc) is 3.32. The highest BCUT2D eigenvalue weighted by atomic mass is 16.5. The summed E-state index contributed by atoms with van der Waals surface area (Å²) in [5, 5.41) is 0. The highest BCUT2D eigenvalue weighted by Crippen LogP contribution is 2.44. The molecule has 0 saturated heterocycles. The number of rotatable bonds is 5. The van der Waals surface area contributed by atoms with Gasteiger partial charge in [-0.2, -0.15) is 4.99 Å². The Bertz CT molecular complexity index is 741. The molecule has 112 valence electrons. The van der Waals surface area contributed by atoms with Crippen LogP contribution in [0.4, 0.5) is 5.69 Å². The van der Waals surface area contributed by atoms with Crippen molar-refractivity contribution in [3.8, 4) is 5.75 Å². The number of isocyanates is 1. The normalized spacial score (nSPS) is 13.5. The van der Waals surface area contributed by atoms with Crippen molar-refractivity contribution >= 4 is 11.8 Å². The molecular weight excluding hydrogens is 274 g/mol. The lowest BCUT2D eigenvalue weighted by Gasteiger charge is -2.14. The highest BCUT2D eigenvalue weighted by Gasteiger charge is 2.27. The summed E-state index contributed by atoms with van der Waals surface area (Å²) in [6, 6.07) is 12.0. The Morgan fingerprint density at radius 2 is 2.05 bits per heavy atom. The fourth-order valence-corrected chi connectivity index (χ4v) is 2.79. The van der Waals surface area contributed by atoms with Crippen molar-refractivity contribution in [1.29, 1.82) is 0 Å². The van der Waals surface area contributed by atoms with Gasteiger partial charge < -0.3 is 4.74 Å². The number of ether oxygens (including phenoxy) is 1. The SMILES string of the molecule is Cc1ccc(OCc2c(N=C=O)cccc2C2CC2)c(C)c1. The maximum absolute atomic E-state index is 10.7. The van der Waals surface area contributed by atoms with Crippen molar-refractivity contribution in [1.82, 2.24) is 0 Å². The van der Waals surface area contributed by atoms with Crippen molar-refractivity contribution in [3.63, 3.8) is 0 Å². The number of aliphatic imine (C=N–C) groups is 1. The Balaban J connectivity index is 1.89. The molecule has 0 atom stereocenters. The second-order valence-electron chi connectivity index (χ2n) is 5.88. The zero-order valence-corrected chi connectivity index (χ0v) is 12.9. The number of aryl methyl sites for hydroxylation is 2. The van der Waals surface area contributed by atoms with Crippen LogP contribution < -0.4 is 4.74 Å². The largest absolute Gasteiger partial charge is 0.489 e. The molecule has 0 heterocycles. The van der Waals surface area contributed by atoms with E-state index in [2.05, 4.69) is 24.0 Å². The molecule has 3 heteroatoms. The van der Waals surface area contributed by atoms with E-state index in [-0.39, 0.29) is 0 Å². The van der Waals surface area contributed by atoms with Gasteiger partial charge in [0.25, 0.3) is 0 Å². The molecule has 0 N–H and O–H groups in total. The molecule has 3 nitrogen and oxygen atoms in total. The van der Waals surface area contributed by atoms with Crippen LogP contribution in [0.1, 0.15) is 41.0 Å². The van der Waals surface area contributed by atoms with Crippen LogP contribution in [0.25, 0.3) is 0 Å². The van der Waals surface area contributed by atoms with Crippen LogP contribution in [0, 0.1) is 13.8 Å². The fraction of sp³-hybridized carbons (Fsp3) is 0.316. The van der Waals surface area contributed by atoms with Gasteiger partial charge in [-0.05, 0) is 55.9 Å². The number of nitrogens with zero attached hydrogens (tertiary/aromatic N) is 1. The molecular formula is C19H19NO2. The molecule has 1 aliphatic carbocycles. The first-order valence-corrected chi connectivity index (χ1v) is 7.58. The van der Waals surface area contributed by atoms with Crippen LogP contribution >= 0.6 is 0 Å². The minimum atomic E-state index is 0.428. The fourth-order valence-electron chi connectivity index (χ4n) is 2.79. The summed E-state index contributed by atoms with van der Waals surface area (Å²) in [6.45, 7) is 4.53. The Hall–Kier alpha value is -2.38. The van der Waals surface area contributed by atoms with E-state index in [9.17, 15) is 4.79 Å². The van der Waals surface area contributed by atoms with Gasteiger partial charge >= 0.3 is 0 Å². The molecule has 0 aromatic heterocycles. The van der Waals surface area contributed by atoms with Gasteiger partial charge in [0.2, 0.25) is 6.08 Å². The summed E-state index contributed by atoms with van der Waals surface area (Å²) in [5.41, 5.74) is 5.26. The molecule has 3 rings (SSSR count). The monoisotopic (exact) mass is 293 g/mol. The molecule has 2 aromatic rings. The van der Waals surface area contributed by atoms with Gasteiger partial charge in [-0.25, -0.2) is 4.79 Å². The molecule has 1 fully saturated rings. The number of carbonyl (C=O) groups excluding carboxylic acids is 1.